The molecule has 0 bridgehead atoms. The van der Waals surface area contributed by atoms with Gasteiger partial charge in [-0.2, -0.15) is 9.36 Å². The number of methoxy groups -OCH3 is 1. The number of halogens is 1. The fraction of sp³-hybridized carbons (Fsp3) is 0.125. The number of carbonyl (C=O) groups is 1. The quantitative estimate of drug-likeness (QED) is 0.396. The molecule has 0 atom stereocenters. The Balaban J connectivity index is 1.47. The summed E-state index contributed by atoms with van der Waals surface area (Å²) in [7, 11) is 1.62. The highest BCUT2D eigenvalue weighted by atomic mass is 32.1. The summed E-state index contributed by atoms with van der Waals surface area (Å²) in [5.74, 6) is 0.952. The van der Waals surface area contributed by atoms with Crippen LogP contribution in [0.4, 0.5) is 10.1 Å². The van der Waals surface area contributed by atoms with Crippen LogP contribution in [0.5, 0.6) is 16.7 Å². The van der Waals surface area contributed by atoms with Crippen molar-refractivity contribution in [2.45, 2.75) is 13.3 Å². The molecular weight excluding hydrogens is 429 g/mol. The molecule has 0 aliphatic carbocycles. The van der Waals surface area contributed by atoms with Crippen LogP contribution in [0.15, 0.2) is 66.7 Å². The number of ether oxygens (including phenoxy) is 2. The highest BCUT2D eigenvalue weighted by Gasteiger charge is 2.14. The number of amides is 1. The molecular formula is C24H20FN3O3S. The minimum Gasteiger partial charge on any atom is -0.497 e. The largest absolute Gasteiger partial charge is 0.497 e. The van der Waals surface area contributed by atoms with Crippen molar-refractivity contribution >= 4 is 23.1 Å². The summed E-state index contributed by atoms with van der Waals surface area (Å²) in [6, 6.07) is 18.8. The molecule has 4 aromatic rings. The van der Waals surface area contributed by atoms with Crippen LogP contribution in [0, 0.1) is 12.7 Å². The van der Waals surface area contributed by atoms with Crippen LogP contribution in [-0.4, -0.2) is 22.4 Å². The maximum Gasteiger partial charge on any atom is 0.298 e. The van der Waals surface area contributed by atoms with E-state index in [9.17, 15) is 9.18 Å². The Kier molecular flexibility index (Phi) is 6.42. The molecule has 4 rings (SSSR count). The van der Waals surface area contributed by atoms with Crippen LogP contribution < -0.4 is 14.8 Å². The van der Waals surface area contributed by atoms with Crippen molar-refractivity contribution in [1.82, 2.24) is 9.36 Å². The molecule has 6 nitrogen and oxygen atoms in total. The van der Waals surface area contributed by atoms with Crippen molar-refractivity contribution < 1.29 is 18.7 Å². The smallest absolute Gasteiger partial charge is 0.298 e. The van der Waals surface area contributed by atoms with E-state index in [2.05, 4.69) is 14.7 Å². The first-order chi connectivity index (χ1) is 15.5. The van der Waals surface area contributed by atoms with Gasteiger partial charge in [-0.05, 0) is 54.4 Å². The third kappa shape index (κ3) is 5.09. The van der Waals surface area contributed by atoms with Gasteiger partial charge in [0, 0.05) is 23.5 Å². The van der Waals surface area contributed by atoms with Gasteiger partial charge in [0.05, 0.1) is 12.8 Å². The number of rotatable bonds is 7. The van der Waals surface area contributed by atoms with Gasteiger partial charge in [-0.25, -0.2) is 4.39 Å². The number of anilines is 1. The number of aromatic nitrogens is 2. The molecule has 0 aliphatic rings. The van der Waals surface area contributed by atoms with Crippen molar-refractivity contribution in [3.05, 3.63) is 95.1 Å². The zero-order valence-corrected chi connectivity index (χ0v) is 18.3. The summed E-state index contributed by atoms with van der Waals surface area (Å²) in [6.07, 6.45) is 0.543. The lowest BCUT2D eigenvalue weighted by Crippen LogP contribution is -2.13. The molecule has 1 amide bonds. The normalized spacial score (nSPS) is 10.6. The Hall–Kier alpha value is -3.78. The number of aryl methyl sites for hydroxylation is 1. The summed E-state index contributed by atoms with van der Waals surface area (Å²) >= 11 is 1.14. The van der Waals surface area contributed by atoms with E-state index in [1.165, 1.54) is 12.1 Å². The summed E-state index contributed by atoms with van der Waals surface area (Å²) in [5, 5.41) is 2.95. The van der Waals surface area contributed by atoms with E-state index in [1.807, 2.05) is 31.2 Å². The van der Waals surface area contributed by atoms with Gasteiger partial charge in [0.25, 0.3) is 11.1 Å². The number of hydrogen-bond donors (Lipinski definition) is 1. The minimum absolute atomic E-state index is 0.117. The van der Waals surface area contributed by atoms with E-state index >= 15 is 0 Å². The lowest BCUT2D eigenvalue weighted by molar-refractivity contribution is 0.102. The summed E-state index contributed by atoms with van der Waals surface area (Å²) in [4.78, 5) is 17.0. The van der Waals surface area contributed by atoms with Gasteiger partial charge in [0.1, 0.15) is 17.3 Å². The third-order valence-electron chi connectivity index (χ3n) is 4.72. The Morgan fingerprint density at radius 2 is 1.94 bits per heavy atom. The molecule has 1 heterocycles. The monoisotopic (exact) mass is 449 g/mol. The van der Waals surface area contributed by atoms with Crippen LogP contribution in [0.25, 0.3) is 0 Å². The lowest BCUT2D eigenvalue weighted by Gasteiger charge is -2.09. The van der Waals surface area contributed by atoms with Crippen LogP contribution in [-0.2, 0) is 6.42 Å². The average Bonchev–Trinajstić information content (AvgIpc) is 3.23. The molecule has 0 spiro atoms. The minimum atomic E-state index is -0.498. The highest BCUT2D eigenvalue weighted by molar-refractivity contribution is 7.07. The first-order valence-electron chi connectivity index (χ1n) is 9.82. The molecule has 8 heteroatoms. The molecule has 32 heavy (non-hydrogen) atoms. The summed E-state index contributed by atoms with van der Waals surface area (Å²) < 4.78 is 29.3. The van der Waals surface area contributed by atoms with Gasteiger partial charge in [-0.15, -0.1) is 0 Å². The van der Waals surface area contributed by atoms with Crippen molar-refractivity contribution in [3.63, 3.8) is 0 Å². The fourth-order valence-electron chi connectivity index (χ4n) is 3.02. The molecule has 3 aromatic carbocycles. The Morgan fingerprint density at radius 3 is 2.75 bits per heavy atom. The number of para-hydroxylation sites is 1. The summed E-state index contributed by atoms with van der Waals surface area (Å²) in [5.41, 5.74) is 2.32. The van der Waals surface area contributed by atoms with Gasteiger partial charge >= 0.3 is 0 Å². The van der Waals surface area contributed by atoms with E-state index in [0.29, 0.717) is 28.8 Å². The van der Waals surface area contributed by atoms with Crippen molar-refractivity contribution in [2.24, 2.45) is 0 Å². The van der Waals surface area contributed by atoms with Gasteiger partial charge in [-0.1, -0.05) is 30.3 Å². The zero-order valence-electron chi connectivity index (χ0n) is 17.5. The highest BCUT2D eigenvalue weighted by Crippen LogP contribution is 2.28. The third-order valence-corrected chi connectivity index (χ3v) is 5.35. The summed E-state index contributed by atoms with van der Waals surface area (Å²) in [6.45, 7) is 1.87. The van der Waals surface area contributed by atoms with Crippen molar-refractivity contribution in [2.75, 3.05) is 12.4 Å². The molecule has 0 unspecified atom stereocenters. The number of benzene rings is 3. The second-order valence-electron chi connectivity index (χ2n) is 7.02. The van der Waals surface area contributed by atoms with E-state index in [1.54, 1.807) is 37.4 Å². The van der Waals surface area contributed by atoms with Gasteiger partial charge in [0.15, 0.2) is 5.82 Å². The standard InChI is InChI=1S/C24H20FN3O3S/c1-15-10-11-17(23(29)26-20-9-4-3-8-19(20)25)14-21(15)31-24-27-22(28-32-24)13-16-6-5-7-18(12-16)30-2/h3-12,14H,13H2,1-2H3,(H,26,29). The molecule has 1 aromatic heterocycles. The van der Waals surface area contributed by atoms with Crippen LogP contribution in [0.1, 0.15) is 27.3 Å². The van der Waals surface area contributed by atoms with E-state index in [0.717, 1.165) is 28.4 Å². The Morgan fingerprint density at radius 1 is 1.09 bits per heavy atom. The van der Waals surface area contributed by atoms with Gasteiger partial charge in [-0.3, -0.25) is 4.79 Å². The molecule has 1 N–H and O–H groups in total. The second-order valence-corrected chi connectivity index (χ2v) is 7.74. The molecule has 0 fully saturated rings. The predicted molar refractivity (Wildman–Crippen MR) is 121 cm³/mol. The van der Waals surface area contributed by atoms with Gasteiger partial charge < -0.3 is 14.8 Å². The predicted octanol–water partition coefficient (Wildman–Crippen LogP) is 5.63. The lowest BCUT2D eigenvalue weighted by atomic mass is 10.1. The van der Waals surface area contributed by atoms with E-state index in [-0.39, 0.29) is 5.69 Å². The Bertz CT molecular complexity index is 1260. The SMILES string of the molecule is COc1cccc(Cc2nsc(Oc3cc(C(=O)Nc4ccccc4F)ccc3C)n2)c1. The molecule has 0 radical (unpaired) electrons. The van der Waals surface area contributed by atoms with E-state index < -0.39 is 11.7 Å². The number of nitrogens with one attached hydrogen (secondary N) is 1. The maximum atomic E-state index is 13.8. The van der Waals surface area contributed by atoms with Crippen LogP contribution in [0.2, 0.25) is 0 Å². The Labute approximate surface area is 188 Å². The van der Waals surface area contributed by atoms with Gasteiger partial charge in [0.2, 0.25) is 0 Å². The zero-order chi connectivity index (χ0) is 22.5. The molecule has 162 valence electrons. The molecule has 0 saturated carbocycles. The molecule has 0 saturated heterocycles. The van der Waals surface area contributed by atoms with Crippen LogP contribution >= 0.6 is 11.5 Å². The van der Waals surface area contributed by atoms with Crippen molar-refractivity contribution in [3.8, 4) is 16.7 Å². The van der Waals surface area contributed by atoms with Crippen LogP contribution in [0.3, 0.4) is 0 Å². The van der Waals surface area contributed by atoms with Crippen molar-refractivity contribution in [1.29, 1.82) is 0 Å². The first-order valence-corrected chi connectivity index (χ1v) is 10.6. The number of hydrogen-bond acceptors (Lipinski definition) is 6. The maximum absolute atomic E-state index is 13.8. The first kappa shape index (κ1) is 21.5. The fourth-order valence-corrected chi connectivity index (χ4v) is 3.58. The number of nitrogens with zero attached hydrogens (tertiary/aromatic N) is 2. The molecule has 0 aliphatic heterocycles. The van der Waals surface area contributed by atoms with E-state index in [4.69, 9.17) is 9.47 Å². The second kappa shape index (κ2) is 9.57. The average molecular weight is 450 g/mol. The topological polar surface area (TPSA) is 73.3 Å². The number of carbonyl (C=O) groups excluding carboxylic acids is 1.